The molecule has 0 aromatic carbocycles. The fourth-order valence-corrected chi connectivity index (χ4v) is 3.26. The molecule has 0 saturated carbocycles. The van der Waals surface area contributed by atoms with Crippen molar-refractivity contribution in [2.24, 2.45) is 11.7 Å². The fraction of sp³-hybridized carbons (Fsp3) is 0.800. The van der Waals surface area contributed by atoms with Crippen LogP contribution in [0.3, 0.4) is 0 Å². The number of carbonyl (C=O) groups excluding carboxylic acids is 1. The molecular weight excluding hydrogens is 298 g/mol. The molecule has 2 heterocycles. The standard InChI is InChI=1S/C15H27N5OS/c1-12(2)10-19-14(7-6-13(16)21)17-20(15(19)22)11-18-8-4-3-5-9-18/h12H,3-11H2,1-2H3,(H2,16,21)/p+1. The summed E-state index contributed by atoms with van der Waals surface area (Å²) in [6.07, 6.45) is 4.78. The molecule has 0 unspecified atom stereocenters. The second kappa shape index (κ2) is 7.87. The molecule has 0 bridgehead atoms. The van der Waals surface area contributed by atoms with E-state index in [0.717, 1.165) is 23.8 Å². The van der Waals surface area contributed by atoms with E-state index in [4.69, 9.17) is 18.0 Å². The SMILES string of the molecule is CC(C)Cn1c(CCC(N)=O)nn(C[NH+]2CCCCC2)c1=S. The summed E-state index contributed by atoms with van der Waals surface area (Å²) in [5, 5.41) is 4.68. The quantitative estimate of drug-likeness (QED) is 0.718. The van der Waals surface area contributed by atoms with Gasteiger partial charge in [0, 0.05) is 19.4 Å². The number of nitrogens with two attached hydrogens (primary N) is 1. The molecule has 1 aliphatic heterocycles. The van der Waals surface area contributed by atoms with Crippen LogP contribution in [0, 0.1) is 10.7 Å². The monoisotopic (exact) mass is 326 g/mol. The highest BCUT2D eigenvalue weighted by Gasteiger charge is 2.18. The maximum Gasteiger partial charge on any atom is 0.217 e. The molecule has 1 aromatic heterocycles. The number of amides is 1. The molecule has 0 spiro atoms. The summed E-state index contributed by atoms with van der Waals surface area (Å²) >= 11 is 5.61. The number of nitrogens with zero attached hydrogens (tertiary/aromatic N) is 3. The molecule has 0 aliphatic carbocycles. The topological polar surface area (TPSA) is 70.3 Å². The van der Waals surface area contributed by atoms with Crippen LogP contribution < -0.4 is 10.6 Å². The van der Waals surface area contributed by atoms with Crippen LogP contribution in [0.1, 0.15) is 45.4 Å². The first-order valence-corrected chi connectivity index (χ1v) is 8.66. The third-order valence-corrected chi connectivity index (χ3v) is 4.51. The van der Waals surface area contributed by atoms with Gasteiger partial charge in [0.25, 0.3) is 0 Å². The van der Waals surface area contributed by atoms with Gasteiger partial charge >= 0.3 is 0 Å². The summed E-state index contributed by atoms with van der Waals surface area (Å²) in [5.41, 5.74) is 5.27. The van der Waals surface area contributed by atoms with Crippen LogP contribution in [0.5, 0.6) is 0 Å². The summed E-state index contributed by atoms with van der Waals surface area (Å²) in [4.78, 5) is 12.6. The van der Waals surface area contributed by atoms with Crippen molar-refractivity contribution in [1.29, 1.82) is 0 Å². The first kappa shape index (κ1) is 17.1. The average Bonchev–Trinajstić information content (AvgIpc) is 2.74. The largest absolute Gasteiger partial charge is 0.370 e. The van der Waals surface area contributed by atoms with Gasteiger partial charge in [0.05, 0.1) is 13.1 Å². The number of nitrogens with one attached hydrogen (secondary N) is 1. The van der Waals surface area contributed by atoms with Crippen LogP contribution in [0.15, 0.2) is 0 Å². The zero-order chi connectivity index (χ0) is 16.1. The van der Waals surface area contributed by atoms with Crippen molar-refractivity contribution in [2.45, 2.75) is 59.2 Å². The summed E-state index contributed by atoms with van der Waals surface area (Å²) < 4.78 is 4.78. The molecule has 0 atom stereocenters. The molecule has 1 saturated heterocycles. The molecule has 1 aromatic rings. The first-order chi connectivity index (χ1) is 10.5. The number of hydrogen-bond donors (Lipinski definition) is 2. The van der Waals surface area contributed by atoms with Gasteiger partial charge in [0.2, 0.25) is 10.7 Å². The maximum absolute atomic E-state index is 11.1. The molecule has 6 nitrogen and oxygen atoms in total. The molecule has 7 heteroatoms. The molecule has 22 heavy (non-hydrogen) atoms. The Hall–Kier alpha value is -1.21. The van der Waals surface area contributed by atoms with Crippen LogP contribution in [0.25, 0.3) is 0 Å². The Kier molecular flexibility index (Phi) is 6.14. The van der Waals surface area contributed by atoms with Crippen molar-refractivity contribution >= 4 is 18.1 Å². The average molecular weight is 326 g/mol. The van der Waals surface area contributed by atoms with Crippen molar-refractivity contribution < 1.29 is 9.69 Å². The number of hydrogen-bond acceptors (Lipinski definition) is 3. The summed E-state index contributed by atoms with van der Waals surface area (Å²) in [6.45, 7) is 8.36. The fourth-order valence-electron chi connectivity index (χ4n) is 2.98. The Labute approximate surface area is 137 Å². The van der Waals surface area contributed by atoms with Gasteiger partial charge in [-0.15, -0.1) is 0 Å². The van der Waals surface area contributed by atoms with Gasteiger partial charge in [-0.3, -0.25) is 4.79 Å². The highest BCUT2D eigenvalue weighted by atomic mass is 32.1. The number of carbonyl (C=O) groups is 1. The van der Waals surface area contributed by atoms with E-state index in [9.17, 15) is 4.79 Å². The molecule has 3 N–H and O–H groups in total. The van der Waals surface area contributed by atoms with Crippen LogP contribution in [0.2, 0.25) is 0 Å². The van der Waals surface area contributed by atoms with Crippen LogP contribution >= 0.6 is 12.2 Å². The van der Waals surface area contributed by atoms with Gasteiger partial charge in [-0.1, -0.05) is 13.8 Å². The highest BCUT2D eigenvalue weighted by Crippen LogP contribution is 2.08. The zero-order valence-corrected chi connectivity index (χ0v) is 14.5. The van der Waals surface area contributed by atoms with E-state index in [-0.39, 0.29) is 5.91 Å². The van der Waals surface area contributed by atoms with Crippen LogP contribution in [-0.2, 0) is 24.4 Å². The highest BCUT2D eigenvalue weighted by molar-refractivity contribution is 7.71. The van der Waals surface area contributed by atoms with Crippen molar-refractivity contribution in [1.82, 2.24) is 14.3 Å². The van der Waals surface area contributed by atoms with Crippen molar-refractivity contribution in [3.05, 3.63) is 10.6 Å². The van der Waals surface area contributed by atoms with E-state index >= 15 is 0 Å². The number of likely N-dealkylation sites (tertiary alicyclic amines) is 1. The van der Waals surface area contributed by atoms with Gasteiger partial charge in [-0.05, 0) is 37.4 Å². The predicted octanol–water partition coefficient (Wildman–Crippen LogP) is 0.514. The summed E-state index contributed by atoms with van der Waals surface area (Å²) in [5.74, 6) is 1.08. The molecule has 124 valence electrons. The molecular formula is C15H28N5OS+. The third-order valence-electron chi connectivity index (χ3n) is 4.08. The second-order valence-corrected chi connectivity index (χ2v) is 7.00. The Balaban J connectivity index is 2.18. The minimum atomic E-state index is -0.293. The van der Waals surface area contributed by atoms with Gasteiger partial charge in [-0.25, -0.2) is 0 Å². The second-order valence-electron chi connectivity index (χ2n) is 6.64. The number of quaternary nitrogens is 1. The third kappa shape index (κ3) is 4.64. The van der Waals surface area contributed by atoms with E-state index in [1.54, 1.807) is 0 Å². The lowest BCUT2D eigenvalue weighted by atomic mass is 10.1. The summed E-state index contributed by atoms with van der Waals surface area (Å²) in [7, 11) is 0. The Morgan fingerprint density at radius 1 is 1.36 bits per heavy atom. The molecule has 2 rings (SSSR count). The summed E-state index contributed by atoms with van der Waals surface area (Å²) in [6, 6.07) is 0. The maximum atomic E-state index is 11.1. The number of rotatable bonds is 7. The van der Waals surface area contributed by atoms with Gasteiger partial charge < -0.3 is 15.2 Å². The van der Waals surface area contributed by atoms with Crippen molar-refractivity contribution in [2.75, 3.05) is 13.1 Å². The molecule has 1 aliphatic rings. The van der Waals surface area contributed by atoms with E-state index < -0.39 is 0 Å². The molecule has 1 fully saturated rings. The zero-order valence-electron chi connectivity index (χ0n) is 13.7. The number of primary amides is 1. The number of aryl methyl sites for hydroxylation is 1. The van der Waals surface area contributed by atoms with Crippen molar-refractivity contribution in [3.63, 3.8) is 0 Å². The van der Waals surface area contributed by atoms with Gasteiger partial charge in [-0.2, -0.15) is 9.78 Å². The van der Waals surface area contributed by atoms with Gasteiger partial charge in [0.15, 0.2) is 6.67 Å². The Morgan fingerprint density at radius 2 is 2.05 bits per heavy atom. The predicted molar refractivity (Wildman–Crippen MR) is 88.0 cm³/mol. The molecule has 0 radical (unpaired) electrons. The lowest BCUT2D eigenvalue weighted by molar-refractivity contribution is -0.928. The normalized spacial score (nSPS) is 16.3. The van der Waals surface area contributed by atoms with E-state index in [1.807, 2.05) is 4.68 Å². The van der Waals surface area contributed by atoms with E-state index in [0.29, 0.717) is 18.8 Å². The smallest absolute Gasteiger partial charge is 0.217 e. The Morgan fingerprint density at radius 3 is 2.64 bits per heavy atom. The minimum Gasteiger partial charge on any atom is -0.370 e. The lowest BCUT2D eigenvalue weighted by Gasteiger charge is -2.22. The van der Waals surface area contributed by atoms with Crippen molar-refractivity contribution in [3.8, 4) is 0 Å². The first-order valence-electron chi connectivity index (χ1n) is 8.25. The molecule has 1 amide bonds. The van der Waals surface area contributed by atoms with E-state index in [1.165, 1.54) is 37.3 Å². The number of aromatic nitrogens is 3. The van der Waals surface area contributed by atoms with Crippen LogP contribution in [0.4, 0.5) is 0 Å². The Bertz CT molecular complexity index is 557. The lowest BCUT2D eigenvalue weighted by Crippen LogP contribution is -3.12. The van der Waals surface area contributed by atoms with E-state index in [2.05, 4.69) is 23.5 Å². The number of piperidine rings is 1. The van der Waals surface area contributed by atoms with Crippen LogP contribution in [-0.4, -0.2) is 33.3 Å². The van der Waals surface area contributed by atoms with Gasteiger partial charge in [0.1, 0.15) is 5.82 Å². The minimum absolute atomic E-state index is 0.293.